The fourth-order valence-corrected chi connectivity index (χ4v) is 1.98. The lowest BCUT2D eigenvalue weighted by Gasteiger charge is -2.14. The van der Waals surface area contributed by atoms with Crippen molar-refractivity contribution in [3.05, 3.63) is 70.5 Å². The number of carbonyl (C=O) groups is 1. The molecular formula is C15H13ClFNO. The van der Waals surface area contributed by atoms with E-state index in [1.807, 2.05) is 6.92 Å². The molecule has 98 valence electrons. The largest absolute Gasteiger partial charge is 0.345 e. The van der Waals surface area contributed by atoms with Gasteiger partial charge in [-0.15, -0.1) is 0 Å². The Morgan fingerprint density at radius 3 is 2.42 bits per heavy atom. The summed E-state index contributed by atoms with van der Waals surface area (Å²) in [5.74, 6) is -0.546. The highest BCUT2D eigenvalue weighted by Gasteiger charge is 2.13. The molecule has 0 aromatic heterocycles. The van der Waals surface area contributed by atoms with E-state index in [4.69, 9.17) is 11.6 Å². The summed E-state index contributed by atoms with van der Waals surface area (Å²) in [5, 5.41) is 3.24. The van der Waals surface area contributed by atoms with Gasteiger partial charge in [-0.1, -0.05) is 35.9 Å². The Morgan fingerprint density at radius 1 is 1.16 bits per heavy atom. The zero-order valence-corrected chi connectivity index (χ0v) is 11.1. The van der Waals surface area contributed by atoms with Crippen LogP contribution in [0, 0.1) is 5.82 Å². The summed E-state index contributed by atoms with van der Waals surface area (Å²) in [6.45, 7) is 1.84. The summed E-state index contributed by atoms with van der Waals surface area (Å²) in [7, 11) is 0. The molecule has 0 heterocycles. The van der Waals surface area contributed by atoms with Crippen molar-refractivity contribution in [2.75, 3.05) is 0 Å². The van der Waals surface area contributed by atoms with E-state index in [0.717, 1.165) is 5.56 Å². The molecule has 2 aromatic carbocycles. The van der Waals surface area contributed by atoms with Crippen LogP contribution in [0.15, 0.2) is 48.5 Å². The molecule has 0 spiro atoms. The molecule has 2 nitrogen and oxygen atoms in total. The van der Waals surface area contributed by atoms with E-state index in [1.54, 1.807) is 36.4 Å². The van der Waals surface area contributed by atoms with Gasteiger partial charge < -0.3 is 5.32 Å². The molecule has 2 rings (SSSR count). The van der Waals surface area contributed by atoms with Crippen molar-refractivity contribution in [1.82, 2.24) is 5.32 Å². The van der Waals surface area contributed by atoms with Gasteiger partial charge in [0.25, 0.3) is 5.91 Å². The third-order valence-electron chi connectivity index (χ3n) is 2.84. The van der Waals surface area contributed by atoms with E-state index in [-0.39, 0.29) is 17.8 Å². The maximum Gasteiger partial charge on any atom is 0.253 e. The summed E-state index contributed by atoms with van der Waals surface area (Å²) < 4.78 is 12.8. The topological polar surface area (TPSA) is 29.1 Å². The smallest absolute Gasteiger partial charge is 0.253 e. The van der Waals surface area contributed by atoms with Gasteiger partial charge >= 0.3 is 0 Å². The standard InChI is InChI=1S/C15H13ClFNO/c1-10(11-6-8-12(17)9-7-11)18-15(19)13-4-2-3-5-14(13)16/h2-10H,1H3,(H,18,19). The molecule has 1 N–H and O–H groups in total. The van der Waals surface area contributed by atoms with Crippen LogP contribution in [-0.2, 0) is 0 Å². The molecular weight excluding hydrogens is 265 g/mol. The minimum absolute atomic E-state index is 0.218. The maximum absolute atomic E-state index is 12.8. The second-order valence-corrected chi connectivity index (χ2v) is 4.63. The first-order valence-corrected chi connectivity index (χ1v) is 6.26. The Kier molecular flexibility index (Phi) is 4.17. The number of halogens is 2. The number of benzene rings is 2. The first-order chi connectivity index (χ1) is 9.08. The van der Waals surface area contributed by atoms with Crippen molar-refractivity contribution in [2.45, 2.75) is 13.0 Å². The van der Waals surface area contributed by atoms with E-state index in [0.29, 0.717) is 10.6 Å². The first-order valence-electron chi connectivity index (χ1n) is 5.89. The fraction of sp³-hybridized carbons (Fsp3) is 0.133. The first kappa shape index (κ1) is 13.6. The van der Waals surface area contributed by atoms with E-state index < -0.39 is 0 Å². The number of nitrogens with one attached hydrogen (secondary N) is 1. The van der Waals surface area contributed by atoms with E-state index in [9.17, 15) is 9.18 Å². The molecule has 0 aliphatic carbocycles. The molecule has 19 heavy (non-hydrogen) atoms. The molecule has 1 atom stereocenters. The highest BCUT2D eigenvalue weighted by atomic mass is 35.5. The van der Waals surface area contributed by atoms with Gasteiger partial charge in [-0.25, -0.2) is 4.39 Å². The van der Waals surface area contributed by atoms with Gasteiger partial charge in [0.15, 0.2) is 0 Å². The molecule has 2 aromatic rings. The monoisotopic (exact) mass is 277 g/mol. The van der Waals surface area contributed by atoms with Gasteiger partial charge in [0.05, 0.1) is 16.6 Å². The van der Waals surface area contributed by atoms with Crippen LogP contribution in [0.4, 0.5) is 4.39 Å². The molecule has 0 saturated heterocycles. The zero-order valence-electron chi connectivity index (χ0n) is 10.4. The third-order valence-corrected chi connectivity index (χ3v) is 3.17. The van der Waals surface area contributed by atoms with Crippen molar-refractivity contribution in [3.63, 3.8) is 0 Å². The van der Waals surface area contributed by atoms with Crippen molar-refractivity contribution >= 4 is 17.5 Å². The summed E-state index contributed by atoms with van der Waals surface area (Å²) in [6.07, 6.45) is 0. The molecule has 0 fully saturated rings. The van der Waals surface area contributed by atoms with Crippen LogP contribution in [0.5, 0.6) is 0 Å². The number of rotatable bonds is 3. The van der Waals surface area contributed by atoms with Gasteiger partial charge in [0.2, 0.25) is 0 Å². The second-order valence-electron chi connectivity index (χ2n) is 4.23. The average Bonchev–Trinajstić information content (AvgIpc) is 2.39. The Hall–Kier alpha value is -1.87. The highest BCUT2D eigenvalue weighted by Crippen LogP contribution is 2.17. The maximum atomic E-state index is 12.8. The lowest BCUT2D eigenvalue weighted by atomic mass is 10.1. The molecule has 0 aliphatic heterocycles. The highest BCUT2D eigenvalue weighted by molar-refractivity contribution is 6.33. The Bertz CT molecular complexity index is 583. The lowest BCUT2D eigenvalue weighted by Crippen LogP contribution is -2.26. The lowest BCUT2D eigenvalue weighted by molar-refractivity contribution is 0.0940. The van der Waals surface area contributed by atoms with Crippen molar-refractivity contribution in [3.8, 4) is 0 Å². The summed E-state index contributed by atoms with van der Waals surface area (Å²) in [5.41, 5.74) is 1.26. The molecule has 4 heteroatoms. The number of hydrogen-bond acceptors (Lipinski definition) is 1. The summed E-state index contributed by atoms with van der Waals surface area (Å²) in [6, 6.07) is 12.7. The molecule has 0 aliphatic rings. The van der Waals surface area contributed by atoms with Gasteiger partial charge in [0, 0.05) is 0 Å². The van der Waals surface area contributed by atoms with Crippen LogP contribution in [-0.4, -0.2) is 5.91 Å². The van der Waals surface area contributed by atoms with Crippen LogP contribution in [0.25, 0.3) is 0 Å². The second kappa shape index (κ2) is 5.85. The van der Waals surface area contributed by atoms with Crippen LogP contribution >= 0.6 is 11.6 Å². The summed E-state index contributed by atoms with van der Waals surface area (Å²) >= 11 is 5.96. The van der Waals surface area contributed by atoms with Gasteiger partial charge in [-0.2, -0.15) is 0 Å². The van der Waals surface area contributed by atoms with Crippen LogP contribution in [0.2, 0.25) is 5.02 Å². The number of hydrogen-bond donors (Lipinski definition) is 1. The number of amides is 1. The molecule has 0 saturated carbocycles. The predicted molar refractivity (Wildman–Crippen MR) is 73.7 cm³/mol. The van der Waals surface area contributed by atoms with Crippen LogP contribution < -0.4 is 5.32 Å². The minimum Gasteiger partial charge on any atom is -0.345 e. The average molecular weight is 278 g/mol. The van der Waals surface area contributed by atoms with E-state index in [2.05, 4.69) is 5.32 Å². The van der Waals surface area contributed by atoms with Crippen molar-refractivity contribution < 1.29 is 9.18 Å². The normalized spacial score (nSPS) is 11.9. The minimum atomic E-state index is -0.298. The van der Waals surface area contributed by atoms with Crippen LogP contribution in [0.1, 0.15) is 28.9 Å². The van der Waals surface area contributed by atoms with Crippen LogP contribution in [0.3, 0.4) is 0 Å². The Balaban J connectivity index is 2.11. The Labute approximate surface area is 116 Å². The summed E-state index contributed by atoms with van der Waals surface area (Å²) in [4.78, 5) is 12.0. The Morgan fingerprint density at radius 2 is 1.79 bits per heavy atom. The van der Waals surface area contributed by atoms with Gasteiger partial charge in [-0.05, 0) is 36.8 Å². The third kappa shape index (κ3) is 3.32. The van der Waals surface area contributed by atoms with Crippen molar-refractivity contribution in [1.29, 1.82) is 0 Å². The quantitative estimate of drug-likeness (QED) is 0.904. The molecule has 1 unspecified atom stereocenters. The number of carbonyl (C=O) groups excluding carboxylic acids is 1. The van der Waals surface area contributed by atoms with Gasteiger partial charge in [-0.3, -0.25) is 4.79 Å². The fourth-order valence-electron chi connectivity index (χ4n) is 1.75. The SMILES string of the molecule is CC(NC(=O)c1ccccc1Cl)c1ccc(F)cc1. The van der Waals surface area contributed by atoms with Gasteiger partial charge in [0.1, 0.15) is 5.82 Å². The molecule has 0 bridgehead atoms. The van der Waals surface area contributed by atoms with E-state index in [1.165, 1.54) is 12.1 Å². The van der Waals surface area contributed by atoms with E-state index >= 15 is 0 Å². The van der Waals surface area contributed by atoms with Crippen molar-refractivity contribution in [2.24, 2.45) is 0 Å². The zero-order chi connectivity index (χ0) is 13.8. The predicted octanol–water partition coefficient (Wildman–Crippen LogP) is 3.97. The molecule has 1 amide bonds. The molecule has 0 radical (unpaired) electrons.